The van der Waals surface area contributed by atoms with Crippen LogP contribution >= 0.6 is 0 Å². The van der Waals surface area contributed by atoms with E-state index in [4.69, 9.17) is 4.42 Å². The fraction of sp³-hybridized carbons (Fsp3) is 0.308. The molecule has 0 radical (unpaired) electrons. The maximum atomic E-state index is 10.6. The summed E-state index contributed by atoms with van der Waals surface area (Å²) in [5.41, 5.74) is 1.98. The molecule has 2 aromatic rings. The Bertz CT molecular complexity index is 501. The van der Waals surface area contributed by atoms with Gasteiger partial charge in [0.05, 0.1) is 0 Å². The van der Waals surface area contributed by atoms with E-state index >= 15 is 0 Å². The number of fused-ring (bicyclic) bond motifs is 1. The Morgan fingerprint density at radius 1 is 1.27 bits per heavy atom. The van der Waals surface area contributed by atoms with Gasteiger partial charge in [-0.2, -0.15) is 0 Å². The molecule has 0 atom stereocenters. The number of hydrogen-bond donors (Lipinski definition) is 0. The molecular formula is C13H14O2. The summed E-state index contributed by atoms with van der Waals surface area (Å²) in [6.45, 7) is 6.39. The van der Waals surface area contributed by atoms with Crippen LogP contribution in [0.3, 0.4) is 0 Å². The Morgan fingerprint density at radius 2 is 2.00 bits per heavy atom. The first-order chi connectivity index (χ1) is 7.02. The molecule has 0 saturated carbocycles. The molecule has 1 aromatic heterocycles. The van der Waals surface area contributed by atoms with Crippen molar-refractivity contribution in [1.29, 1.82) is 0 Å². The van der Waals surface area contributed by atoms with Gasteiger partial charge in [-0.05, 0) is 11.5 Å². The Labute approximate surface area is 88.9 Å². The van der Waals surface area contributed by atoms with Crippen LogP contribution in [0, 0.1) is 0 Å². The van der Waals surface area contributed by atoms with E-state index in [1.54, 1.807) is 6.07 Å². The van der Waals surface area contributed by atoms with E-state index in [2.05, 4.69) is 20.8 Å². The predicted octanol–water partition coefficient (Wildman–Crippen LogP) is 3.54. The van der Waals surface area contributed by atoms with Crippen LogP contribution in [0.1, 0.15) is 36.9 Å². The number of furan rings is 1. The fourth-order valence-electron chi connectivity index (χ4n) is 1.73. The highest BCUT2D eigenvalue weighted by Crippen LogP contribution is 2.31. The van der Waals surface area contributed by atoms with Crippen LogP contribution in [0.5, 0.6) is 0 Å². The molecule has 1 aromatic carbocycles. The van der Waals surface area contributed by atoms with Gasteiger partial charge in [0.1, 0.15) is 5.58 Å². The Balaban J connectivity index is 2.75. The second-order valence-corrected chi connectivity index (χ2v) is 4.74. The van der Waals surface area contributed by atoms with Crippen molar-refractivity contribution in [2.75, 3.05) is 0 Å². The second-order valence-electron chi connectivity index (χ2n) is 4.74. The Kier molecular flexibility index (Phi) is 2.14. The topological polar surface area (TPSA) is 30.2 Å². The van der Waals surface area contributed by atoms with Crippen molar-refractivity contribution in [3.8, 4) is 0 Å². The zero-order chi connectivity index (χ0) is 11.1. The molecule has 2 rings (SSSR count). The van der Waals surface area contributed by atoms with Gasteiger partial charge in [0.2, 0.25) is 0 Å². The van der Waals surface area contributed by atoms with E-state index in [-0.39, 0.29) is 5.41 Å². The normalized spacial score (nSPS) is 11.9. The largest absolute Gasteiger partial charge is 0.453 e. The summed E-state index contributed by atoms with van der Waals surface area (Å²) < 4.78 is 5.51. The zero-order valence-corrected chi connectivity index (χ0v) is 9.20. The van der Waals surface area contributed by atoms with Gasteiger partial charge in [-0.1, -0.05) is 39.0 Å². The first-order valence-corrected chi connectivity index (χ1v) is 5.00. The molecule has 1 heterocycles. The molecule has 2 heteroatoms. The van der Waals surface area contributed by atoms with Crippen molar-refractivity contribution in [3.05, 3.63) is 35.6 Å². The van der Waals surface area contributed by atoms with E-state index in [9.17, 15) is 4.79 Å². The standard InChI is InChI=1S/C13H14O2/c1-13(2,3)11-6-4-5-9-7-10(8-14)15-12(9)11/h4-8H,1-3H3. The third-order valence-corrected chi connectivity index (χ3v) is 2.49. The van der Waals surface area contributed by atoms with Crippen LogP contribution in [0.4, 0.5) is 0 Å². The third kappa shape index (κ3) is 1.67. The maximum absolute atomic E-state index is 10.6. The number of hydrogen-bond acceptors (Lipinski definition) is 2. The highest BCUT2D eigenvalue weighted by Gasteiger charge is 2.19. The second kappa shape index (κ2) is 3.23. The molecule has 78 valence electrons. The van der Waals surface area contributed by atoms with Crippen LogP contribution in [0.15, 0.2) is 28.7 Å². The molecule has 0 aliphatic heterocycles. The van der Waals surface area contributed by atoms with Crippen molar-refractivity contribution in [1.82, 2.24) is 0 Å². The number of carbonyl (C=O) groups excluding carboxylic acids is 1. The molecule has 2 nitrogen and oxygen atoms in total. The minimum Gasteiger partial charge on any atom is -0.453 e. The number of benzene rings is 1. The number of para-hydroxylation sites is 1. The van der Waals surface area contributed by atoms with Crippen molar-refractivity contribution in [2.24, 2.45) is 0 Å². The molecule has 0 saturated heterocycles. The summed E-state index contributed by atoms with van der Waals surface area (Å²) in [6, 6.07) is 7.77. The van der Waals surface area contributed by atoms with Gasteiger partial charge in [-0.3, -0.25) is 4.79 Å². The molecule has 15 heavy (non-hydrogen) atoms. The van der Waals surface area contributed by atoms with Crippen LogP contribution in [-0.2, 0) is 5.41 Å². The quantitative estimate of drug-likeness (QED) is 0.662. The van der Waals surface area contributed by atoms with Gasteiger partial charge in [0, 0.05) is 10.9 Å². The molecule has 0 aliphatic carbocycles. The number of carbonyl (C=O) groups is 1. The molecule has 0 aliphatic rings. The predicted molar refractivity (Wildman–Crippen MR) is 60.3 cm³/mol. The fourth-order valence-corrected chi connectivity index (χ4v) is 1.73. The van der Waals surface area contributed by atoms with Gasteiger partial charge >= 0.3 is 0 Å². The Hall–Kier alpha value is -1.57. The zero-order valence-electron chi connectivity index (χ0n) is 9.20. The summed E-state index contributed by atoms with van der Waals surface area (Å²) in [5.74, 6) is 0.390. The summed E-state index contributed by atoms with van der Waals surface area (Å²) >= 11 is 0. The minimum atomic E-state index is 0.0253. The van der Waals surface area contributed by atoms with Gasteiger partial charge in [-0.25, -0.2) is 0 Å². The first-order valence-electron chi connectivity index (χ1n) is 5.00. The lowest BCUT2D eigenvalue weighted by Crippen LogP contribution is -2.10. The minimum absolute atomic E-state index is 0.0253. The molecule has 0 fully saturated rings. The van der Waals surface area contributed by atoms with Gasteiger partial charge in [-0.15, -0.1) is 0 Å². The lowest BCUT2D eigenvalue weighted by molar-refractivity contribution is 0.110. The van der Waals surface area contributed by atoms with Crippen molar-refractivity contribution < 1.29 is 9.21 Å². The van der Waals surface area contributed by atoms with E-state index in [1.165, 1.54) is 0 Å². The summed E-state index contributed by atoms with van der Waals surface area (Å²) in [4.78, 5) is 10.6. The average molecular weight is 202 g/mol. The van der Waals surface area contributed by atoms with Crippen LogP contribution in [-0.4, -0.2) is 6.29 Å². The van der Waals surface area contributed by atoms with Crippen molar-refractivity contribution in [3.63, 3.8) is 0 Å². The molecule has 0 amide bonds. The molecule has 0 bridgehead atoms. The third-order valence-electron chi connectivity index (χ3n) is 2.49. The summed E-state index contributed by atoms with van der Waals surface area (Å²) in [6.07, 6.45) is 0.742. The van der Waals surface area contributed by atoms with Crippen molar-refractivity contribution >= 4 is 17.3 Å². The highest BCUT2D eigenvalue weighted by molar-refractivity contribution is 5.87. The van der Waals surface area contributed by atoms with Crippen LogP contribution < -0.4 is 0 Å². The lowest BCUT2D eigenvalue weighted by atomic mass is 9.86. The first kappa shape index (κ1) is 9.97. The summed E-state index contributed by atoms with van der Waals surface area (Å²) in [7, 11) is 0. The van der Waals surface area contributed by atoms with Gasteiger partial charge in [0.15, 0.2) is 12.0 Å². The maximum Gasteiger partial charge on any atom is 0.185 e. The van der Waals surface area contributed by atoms with Gasteiger partial charge < -0.3 is 4.42 Å². The SMILES string of the molecule is CC(C)(C)c1cccc2cc(C=O)oc12. The van der Waals surface area contributed by atoms with Gasteiger partial charge in [0.25, 0.3) is 0 Å². The molecule has 0 unspecified atom stereocenters. The highest BCUT2D eigenvalue weighted by atomic mass is 16.3. The Morgan fingerprint density at radius 3 is 2.60 bits per heavy atom. The van der Waals surface area contributed by atoms with E-state index in [0.717, 1.165) is 22.8 Å². The smallest absolute Gasteiger partial charge is 0.185 e. The molecule has 0 spiro atoms. The average Bonchev–Trinajstić information content (AvgIpc) is 2.57. The van der Waals surface area contributed by atoms with E-state index < -0.39 is 0 Å². The van der Waals surface area contributed by atoms with Crippen LogP contribution in [0.25, 0.3) is 11.0 Å². The van der Waals surface area contributed by atoms with E-state index in [0.29, 0.717) is 5.76 Å². The van der Waals surface area contributed by atoms with Crippen LogP contribution in [0.2, 0.25) is 0 Å². The molecular weight excluding hydrogens is 188 g/mol. The van der Waals surface area contributed by atoms with Crippen molar-refractivity contribution in [2.45, 2.75) is 26.2 Å². The number of aldehydes is 1. The lowest BCUT2D eigenvalue weighted by Gasteiger charge is -2.18. The monoisotopic (exact) mass is 202 g/mol. The summed E-state index contributed by atoms with van der Waals surface area (Å²) in [5, 5.41) is 0.990. The van der Waals surface area contributed by atoms with E-state index in [1.807, 2.05) is 18.2 Å². The number of rotatable bonds is 1. The molecule has 0 N–H and O–H groups in total.